The van der Waals surface area contributed by atoms with Crippen LogP contribution in [-0.4, -0.2) is 12.3 Å². The van der Waals surface area contributed by atoms with Crippen LogP contribution in [0.4, 0.5) is 5.88 Å². The summed E-state index contributed by atoms with van der Waals surface area (Å²) in [7, 11) is 1.65. The van der Waals surface area contributed by atoms with Gasteiger partial charge in [0.15, 0.2) is 0 Å². The number of benzene rings is 1. The Bertz CT molecular complexity index is 595. The molecule has 1 heterocycles. The number of nitrogens with two attached hydrogens (primary N) is 1. The van der Waals surface area contributed by atoms with Gasteiger partial charge in [0.2, 0.25) is 5.88 Å². The van der Waals surface area contributed by atoms with E-state index < -0.39 is 0 Å². The molecule has 0 fully saturated rings. The molecule has 0 aliphatic carbocycles. The van der Waals surface area contributed by atoms with Gasteiger partial charge in [-0.3, -0.25) is 0 Å². The van der Waals surface area contributed by atoms with E-state index in [2.05, 4.69) is 25.9 Å². The van der Waals surface area contributed by atoms with Gasteiger partial charge in [0.1, 0.15) is 5.75 Å². The van der Waals surface area contributed by atoms with E-state index in [1.807, 2.05) is 25.1 Å². The van der Waals surface area contributed by atoms with Gasteiger partial charge in [-0.15, -0.1) is 0 Å². The number of aromatic nitrogens is 1. The molecule has 0 saturated heterocycles. The minimum absolute atomic E-state index is 0.148. The van der Waals surface area contributed by atoms with Crippen LogP contribution in [0.2, 0.25) is 0 Å². The third-order valence-corrected chi connectivity index (χ3v) is 3.05. The minimum Gasteiger partial charge on any atom is -0.496 e. The molecule has 19 heavy (non-hydrogen) atoms. The fraction of sp³-hybridized carbons (Fsp3) is 0.400. The molecule has 0 spiro atoms. The van der Waals surface area contributed by atoms with Crippen LogP contribution in [0.15, 0.2) is 22.7 Å². The zero-order chi connectivity index (χ0) is 14.2. The molecular weight excluding hydrogens is 240 g/mol. The van der Waals surface area contributed by atoms with Crippen LogP contribution in [0.25, 0.3) is 11.1 Å². The van der Waals surface area contributed by atoms with Crippen molar-refractivity contribution >= 4 is 5.88 Å². The summed E-state index contributed by atoms with van der Waals surface area (Å²) >= 11 is 0. The predicted octanol–water partition coefficient (Wildman–Crippen LogP) is 3.54. The molecular formula is C15H20N2O2. The van der Waals surface area contributed by atoms with Gasteiger partial charge in [-0.05, 0) is 19.1 Å². The van der Waals surface area contributed by atoms with Crippen LogP contribution in [-0.2, 0) is 5.41 Å². The Morgan fingerprint density at radius 2 is 1.95 bits per heavy atom. The zero-order valence-corrected chi connectivity index (χ0v) is 12.1. The number of anilines is 1. The molecule has 1 aromatic heterocycles. The summed E-state index contributed by atoms with van der Waals surface area (Å²) in [5, 5.41) is 4.11. The maximum Gasteiger partial charge on any atom is 0.230 e. The van der Waals surface area contributed by atoms with Gasteiger partial charge in [0.25, 0.3) is 0 Å². The van der Waals surface area contributed by atoms with Crippen LogP contribution < -0.4 is 10.5 Å². The molecule has 2 rings (SSSR count). The lowest BCUT2D eigenvalue weighted by Gasteiger charge is -2.18. The summed E-state index contributed by atoms with van der Waals surface area (Å²) in [4.78, 5) is 0. The van der Waals surface area contributed by atoms with Gasteiger partial charge < -0.3 is 15.0 Å². The van der Waals surface area contributed by atoms with E-state index in [0.717, 1.165) is 28.1 Å². The van der Waals surface area contributed by atoms with Gasteiger partial charge in [0.05, 0.1) is 18.4 Å². The molecule has 1 aromatic carbocycles. The monoisotopic (exact) mass is 260 g/mol. The highest BCUT2D eigenvalue weighted by Crippen LogP contribution is 2.41. The third kappa shape index (κ3) is 2.43. The minimum atomic E-state index is -0.148. The summed E-state index contributed by atoms with van der Waals surface area (Å²) in [5.41, 5.74) is 9.54. The molecule has 2 N–H and O–H groups in total. The van der Waals surface area contributed by atoms with E-state index in [1.165, 1.54) is 0 Å². The molecule has 0 radical (unpaired) electrons. The topological polar surface area (TPSA) is 61.3 Å². The first-order valence-electron chi connectivity index (χ1n) is 6.25. The molecule has 4 nitrogen and oxygen atoms in total. The number of hydrogen-bond donors (Lipinski definition) is 1. The number of aryl methyl sites for hydroxylation is 1. The second-order valence-corrected chi connectivity index (χ2v) is 5.72. The number of hydrogen-bond acceptors (Lipinski definition) is 4. The van der Waals surface area contributed by atoms with Crippen molar-refractivity contribution in [3.8, 4) is 16.9 Å². The number of methoxy groups -OCH3 is 1. The molecule has 0 bridgehead atoms. The van der Waals surface area contributed by atoms with Gasteiger partial charge in [-0.1, -0.05) is 37.6 Å². The van der Waals surface area contributed by atoms with Crippen LogP contribution in [0.3, 0.4) is 0 Å². The fourth-order valence-corrected chi connectivity index (χ4v) is 2.09. The maximum atomic E-state index is 5.96. The molecule has 0 aliphatic rings. The Balaban J connectivity index is 2.72. The van der Waals surface area contributed by atoms with Crippen LogP contribution >= 0.6 is 0 Å². The molecule has 0 saturated carbocycles. The Morgan fingerprint density at radius 1 is 1.26 bits per heavy atom. The number of rotatable bonds is 2. The summed E-state index contributed by atoms with van der Waals surface area (Å²) in [6.45, 7) is 8.27. The lowest BCUT2D eigenvalue weighted by atomic mass is 9.86. The second kappa shape index (κ2) is 4.61. The van der Waals surface area contributed by atoms with Gasteiger partial charge in [-0.25, -0.2) is 0 Å². The first-order chi connectivity index (χ1) is 8.84. The highest BCUT2D eigenvalue weighted by Gasteiger charge is 2.27. The van der Waals surface area contributed by atoms with Crippen molar-refractivity contribution in [3.05, 3.63) is 29.5 Å². The average molecular weight is 260 g/mol. The van der Waals surface area contributed by atoms with E-state index in [-0.39, 0.29) is 5.41 Å². The normalized spacial score (nSPS) is 11.6. The first-order valence-corrected chi connectivity index (χ1v) is 6.25. The van der Waals surface area contributed by atoms with Gasteiger partial charge in [-0.2, -0.15) is 0 Å². The standard InChI is InChI=1S/C15H20N2O2/c1-9-6-7-11(18-5)10(8-9)12-13(15(2,3)4)17-19-14(12)16/h6-8H,16H2,1-5H3. The summed E-state index contributed by atoms with van der Waals surface area (Å²) < 4.78 is 10.6. The van der Waals surface area contributed by atoms with Crippen molar-refractivity contribution in [1.29, 1.82) is 0 Å². The molecule has 0 aliphatic heterocycles. The Morgan fingerprint density at radius 3 is 2.53 bits per heavy atom. The van der Waals surface area contributed by atoms with E-state index >= 15 is 0 Å². The summed E-state index contributed by atoms with van der Waals surface area (Å²) in [5.74, 6) is 1.10. The smallest absolute Gasteiger partial charge is 0.230 e. The molecule has 2 aromatic rings. The van der Waals surface area contributed by atoms with E-state index in [9.17, 15) is 0 Å². The molecule has 4 heteroatoms. The maximum absolute atomic E-state index is 5.96. The average Bonchev–Trinajstić information content (AvgIpc) is 2.70. The van der Waals surface area contributed by atoms with E-state index in [4.69, 9.17) is 15.0 Å². The quantitative estimate of drug-likeness (QED) is 0.897. The van der Waals surface area contributed by atoms with Crippen molar-refractivity contribution < 1.29 is 9.26 Å². The van der Waals surface area contributed by atoms with Crippen molar-refractivity contribution in [2.45, 2.75) is 33.1 Å². The molecule has 102 valence electrons. The third-order valence-electron chi connectivity index (χ3n) is 3.05. The largest absolute Gasteiger partial charge is 0.496 e. The highest BCUT2D eigenvalue weighted by molar-refractivity contribution is 5.80. The van der Waals surface area contributed by atoms with Crippen molar-refractivity contribution in [2.24, 2.45) is 0 Å². The number of ether oxygens (including phenoxy) is 1. The van der Waals surface area contributed by atoms with Crippen molar-refractivity contribution in [3.63, 3.8) is 0 Å². The fourth-order valence-electron chi connectivity index (χ4n) is 2.09. The van der Waals surface area contributed by atoms with Crippen LogP contribution in [0.1, 0.15) is 32.0 Å². The Labute approximate surface area is 113 Å². The number of nitrogen functional groups attached to an aromatic ring is 1. The predicted molar refractivity (Wildman–Crippen MR) is 76.3 cm³/mol. The highest BCUT2D eigenvalue weighted by atomic mass is 16.5. The molecule has 0 atom stereocenters. The van der Waals surface area contributed by atoms with Crippen molar-refractivity contribution in [1.82, 2.24) is 5.16 Å². The van der Waals surface area contributed by atoms with Gasteiger partial charge in [0, 0.05) is 11.0 Å². The second-order valence-electron chi connectivity index (χ2n) is 5.72. The van der Waals surface area contributed by atoms with Gasteiger partial charge >= 0.3 is 0 Å². The lowest BCUT2D eigenvalue weighted by Crippen LogP contribution is -2.13. The molecule has 0 unspecified atom stereocenters. The molecule has 0 amide bonds. The summed E-state index contributed by atoms with van der Waals surface area (Å²) in [6.07, 6.45) is 0. The number of nitrogens with zero attached hydrogens (tertiary/aromatic N) is 1. The van der Waals surface area contributed by atoms with Crippen LogP contribution in [0, 0.1) is 6.92 Å². The SMILES string of the molecule is COc1ccc(C)cc1-c1c(C(C)(C)C)noc1N. The van der Waals surface area contributed by atoms with E-state index in [0.29, 0.717) is 5.88 Å². The Hall–Kier alpha value is -1.97. The lowest BCUT2D eigenvalue weighted by molar-refractivity contribution is 0.405. The Kier molecular flexibility index (Phi) is 3.27. The van der Waals surface area contributed by atoms with E-state index in [1.54, 1.807) is 7.11 Å². The zero-order valence-electron chi connectivity index (χ0n) is 12.1. The first kappa shape index (κ1) is 13.5. The van der Waals surface area contributed by atoms with Crippen molar-refractivity contribution in [2.75, 3.05) is 12.8 Å². The summed E-state index contributed by atoms with van der Waals surface area (Å²) in [6, 6.07) is 5.98. The van der Waals surface area contributed by atoms with Crippen LogP contribution in [0.5, 0.6) is 5.75 Å².